The molecule has 0 aliphatic carbocycles. The fourth-order valence-electron chi connectivity index (χ4n) is 2.38. The fraction of sp³-hybridized carbons (Fsp3) is 0.571. The largest absolute Gasteiger partial charge is 0.328 e. The molecule has 2 rings (SSSR count). The van der Waals surface area contributed by atoms with Gasteiger partial charge in [-0.05, 0) is 54.7 Å². The van der Waals surface area contributed by atoms with Crippen LogP contribution in [0.15, 0.2) is 24.3 Å². The molecule has 1 aliphatic heterocycles. The fourth-order valence-corrected chi connectivity index (χ4v) is 3.48. The Morgan fingerprint density at radius 3 is 2.81 bits per heavy atom. The van der Waals surface area contributed by atoms with Crippen LogP contribution < -0.4 is 5.73 Å². The van der Waals surface area contributed by atoms with E-state index >= 15 is 0 Å². The number of nitrogens with two attached hydrogens (primary N) is 1. The van der Waals surface area contributed by atoms with E-state index in [0.717, 1.165) is 12.3 Å². The van der Waals surface area contributed by atoms with Crippen LogP contribution in [0, 0.1) is 0 Å². The Balaban J connectivity index is 2.08. The zero-order chi connectivity index (χ0) is 11.4. The van der Waals surface area contributed by atoms with Crippen LogP contribution in [-0.2, 0) is 6.42 Å². The van der Waals surface area contributed by atoms with E-state index in [1.165, 1.54) is 35.5 Å². The predicted molar refractivity (Wildman–Crippen MR) is 73.1 cm³/mol. The summed E-state index contributed by atoms with van der Waals surface area (Å²) in [6, 6.07) is 9.30. The molecule has 1 aliphatic rings. The molecule has 1 aromatic rings. The summed E-state index contributed by atoms with van der Waals surface area (Å²) < 4.78 is 0. The van der Waals surface area contributed by atoms with Gasteiger partial charge in [-0.3, -0.25) is 0 Å². The SMILES string of the molecule is CC(N)Cc1cccc(C2CCSCC2)c1. The van der Waals surface area contributed by atoms with Crippen LogP contribution in [0.5, 0.6) is 0 Å². The van der Waals surface area contributed by atoms with Crippen molar-refractivity contribution in [3.8, 4) is 0 Å². The number of rotatable bonds is 3. The number of benzene rings is 1. The van der Waals surface area contributed by atoms with Gasteiger partial charge in [-0.25, -0.2) is 0 Å². The molecule has 0 spiro atoms. The first-order valence-electron chi connectivity index (χ1n) is 6.18. The van der Waals surface area contributed by atoms with Crippen LogP contribution in [0.3, 0.4) is 0 Å². The van der Waals surface area contributed by atoms with Gasteiger partial charge in [-0.1, -0.05) is 24.3 Å². The molecule has 88 valence electrons. The molecule has 2 N–H and O–H groups in total. The molecule has 1 fully saturated rings. The van der Waals surface area contributed by atoms with Crippen molar-refractivity contribution in [2.24, 2.45) is 5.73 Å². The molecule has 0 bridgehead atoms. The molecule has 2 heteroatoms. The lowest BCUT2D eigenvalue weighted by Crippen LogP contribution is -2.18. The monoisotopic (exact) mass is 235 g/mol. The number of thioether (sulfide) groups is 1. The highest BCUT2D eigenvalue weighted by Crippen LogP contribution is 2.31. The van der Waals surface area contributed by atoms with E-state index in [-0.39, 0.29) is 6.04 Å². The van der Waals surface area contributed by atoms with Gasteiger partial charge in [0.1, 0.15) is 0 Å². The number of hydrogen-bond acceptors (Lipinski definition) is 2. The maximum absolute atomic E-state index is 5.85. The van der Waals surface area contributed by atoms with Crippen LogP contribution in [0.2, 0.25) is 0 Å². The van der Waals surface area contributed by atoms with E-state index in [9.17, 15) is 0 Å². The van der Waals surface area contributed by atoms with Crippen LogP contribution in [0.1, 0.15) is 36.8 Å². The van der Waals surface area contributed by atoms with Crippen molar-refractivity contribution in [2.75, 3.05) is 11.5 Å². The average Bonchev–Trinajstić information content (AvgIpc) is 2.30. The molecule has 1 unspecified atom stereocenters. The van der Waals surface area contributed by atoms with E-state index < -0.39 is 0 Å². The molecule has 16 heavy (non-hydrogen) atoms. The summed E-state index contributed by atoms with van der Waals surface area (Å²) >= 11 is 2.09. The Morgan fingerprint density at radius 1 is 1.38 bits per heavy atom. The van der Waals surface area contributed by atoms with Gasteiger partial charge < -0.3 is 5.73 Å². The summed E-state index contributed by atoms with van der Waals surface area (Å²) in [5.74, 6) is 3.43. The summed E-state index contributed by atoms with van der Waals surface area (Å²) in [5.41, 5.74) is 8.77. The maximum atomic E-state index is 5.85. The van der Waals surface area contributed by atoms with Gasteiger partial charge >= 0.3 is 0 Å². The third kappa shape index (κ3) is 3.26. The minimum Gasteiger partial charge on any atom is -0.328 e. The molecule has 1 atom stereocenters. The Kier molecular flexibility index (Phi) is 4.30. The van der Waals surface area contributed by atoms with Gasteiger partial charge in [0.25, 0.3) is 0 Å². The normalized spacial score (nSPS) is 19.6. The summed E-state index contributed by atoms with van der Waals surface area (Å²) in [4.78, 5) is 0. The quantitative estimate of drug-likeness (QED) is 0.870. The highest BCUT2D eigenvalue weighted by Gasteiger charge is 2.15. The molecule has 0 amide bonds. The molecule has 1 heterocycles. The lowest BCUT2D eigenvalue weighted by atomic mass is 9.91. The molecule has 0 radical (unpaired) electrons. The number of hydrogen-bond donors (Lipinski definition) is 1. The standard InChI is InChI=1S/C14H21NS/c1-11(15)9-12-3-2-4-14(10-12)13-5-7-16-8-6-13/h2-4,10-11,13H,5-9,15H2,1H3. The van der Waals surface area contributed by atoms with E-state index in [1.807, 2.05) is 0 Å². The van der Waals surface area contributed by atoms with Crippen LogP contribution in [-0.4, -0.2) is 17.5 Å². The first kappa shape index (κ1) is 12.0. The van der Waals surface area contributed by atoms with Gasteiger partial charge in [0.15, 0.2) is 0 Å². The maximum Gasteiger partial charge on any atom is 0.00509 e. The predicted octanol–water partition coefficient (Wildman–Crippen LogP) is 3.19. The van der Waals surface area contributed by atoms with E-state index in [0.29, 0.717) is 0 Å². The van der Waals surface area contributed by atoms with Crippen molar-refractivity contribution in [1.82, 2.24) is 0 Å². The second-order valence-electron chi connectivity index (χ2n) is 4.81. The Labute approximate surface area is 103 Å². The third-order valence-corrected chi connectivity index (χ3v) is 4.25. The van der Waals surface area contributed by atoms with Crippen LogP contribution in [0.25, 0.3) is 0 Å². The molecular weight excluding hydrogens is 214 g/mol. The highest BCUT2D eigenvalue weighted by atomic mass is 32.2. The molecule has 1 saturated heterocycles. The first-order valence-corrected chi connectivity index (χ1v) is 7.33. The van der Waals surface area contributed by atoms with Gasteiger partial charge in [0.05, 0.1) is 0 Å². The van der Waals surface area contributed by atoms with E-state index in [4.69, 9.17) is 5.73 Å². The average molecular weight is 235 g/mol. The Morgan fingerprint density at radius 2 is 2.12 bits per heavy atom. The Hall–Kier alpha value is -0.470. The Bertz CT molecular complexity index is 329. The van der Waals surface area contributed by atoms with Crippen LogP contribution >= 0.6 is 11.8 Å². The second kappa shape index (κ2) is 5.74. The highest BCUT2D eigenvalue weighted by molar-refractivity contribution is 7.99. The van der Waals surface area contributed by atoms with E-state index in [1.54, 1.807) is 0 Å². The van der Waals surface area contributed by atoms with Crippen molar-refractivity contribution in [3.63, 3.8) is 0 Å². The van der Waals surface area contributed by atoms with Crippen LogP contribution in [0.4, 0.5) is 0 Å². The molecule has 0 aromatic heterocycles. The summed E-state index contributed by atoms with van der Waals surface area (Å²) in [7, 11) is 0. The van der Waals surface area contributed by atoms with Crippen molar-refractivity contribution >= 4 is 11.8 Å². The molecule has 0 saturated carbocycles. The zero-order valence-electron chi connectivity index (χ0n) is 9.99. The minimum absolute atomic E-state index is 0.261. The van der Waals surface area contributed by atoms with Crippen molar-refractivity contribution < 1.29 is 0 Å². The summed E-state index contributed by atoms with van der Waals surface area (Å²) in [5, 5.41) is 0. The lowest BCUT2D eigenvalue weighted by molar-refractivity contribution is 0.635. The van der Waals surface area contributed by atoms with Gasteiger partial charge in [-0.15, -0.1) is 0 Å². The zero-order valence-corrected chi connectivity index (χ0v) is 10.8. The van der Waals surface area contributed by atoms with Crippen molar-refractivity contribution in [1.29, 1.82) is 0 Å². The van der Waals surface area contributed by atoms with Crippen molar-refractivity contribution in [3.05, 3.63) is 35.4 Å². The summed E-state index contributed by atoms with van der Waals surface area (Å²) in [6.07, 6.45) is 3.67. The minimum atomic E-state index is 0.261. The third-order valence-electron chi connectivity index (χ3n) is 3.20. The second-order valence-corrected chi connectivity index (χ2v) is 6.04. The molecule has 1 nitrogen and oxygen atoms in total. The van der Waals surface area contributed by atoms with Crippen molar-refractivity contribution in [2.45, 2.75) is 38.1 Å². The topological polar surface area (TPSA) is 26.0 Å². The summed E-state index contributed by atoms with van der Waals surface area (Å²) in [6.45, 7) is 2.07. The first-order chi connectivity index (χ1) is 7.75. The van der Waals surface area contributed by atoms with Gasteiger partial charge in [0.2, 0.25) is 0 Å². The lowest BCUT2D eigenvalue weighted by Gasteiger charge is -2.22. The smallest absolute Gasteiger partial charge is 0.00509 e. The van der Waals surface area contributed by atoms with Gasteiger partial charge in [0, 0.05) is 6.04 Å². The van der Waals surface area contributed by atoms with Gasteiger partial charge in [-0.2, -0.15) is 11.8 Å². The molecular formula is C14H21NS. The molecule has 1 aromatic carbocycles. The van der Waals surface area contributed by atoms with E-state index in [2.05, 4.69) is 43.0 Å².